The zero-order valence-corrected chi connectivity index (χ0v) is 17.7. The third kappa shape index (κ3) is 4.56. The molecule has 2 aromatic carbocycles. The molecule has 1 aromatic heterocycles. The summed E-state index contributed by atoms with van der Waals surface area (Å²) < 4.78 is 44.2. The van der Waals surface area contributed by atoms with E-state index in [0.29, 0.717) is 23.1 Å². The molecule has 30 heavy (non-hydrogen) atoms. The Hall–Kier alpha value is -2.67. The highest BCUT2D eigenvalue weighted by molar-refractivity contribution is 8.09. The first-order chi connectivity index (χ1) is 14.3. The van der Waals surface area contributed by atoms with Crippen LogP contribution in [0, 0.1) is 0 Å². The van der Waals surface area contributed by atoms with E-state index < -0.39 is 11.7 Å². The Morgan fingerprint density at radius 1 is 1.17 bits per heavy atom. The van der Waals surface area contributed by atoms with Crippen molar-refractivity contribution >= 4 is 33.9 Å². The molecule has 2 heterocycles. The largest absolute Gasteiger partial charge is 0.464 e. The second-order valence-corrected chi connectivity index (χ2v) is 7.84. The first kappa shape index (κ1) is 22.0. The molecule has 0 saturated heterocycles. The zero-order chi connectivity index (χ0) is 21.9. The maximum Gasteiger partial charge on any atom is 0.416 e. The van der Waals surface area contributed by atoms with E-state index in [4.69, 9.17) is 4.42 Å². The van der Waals surface area contributed by atoms with Crippen LogP contribution in [0.5, 0.6) is 0 Å². The summed E-state index contributed by atoms with van der Waals surface area (Å²) in [5, 5.41) is 4.05. The third-order valence-corrected chi connectivity index (χ3v) is 5.99. The van der Waals surface area contributed by atoms with Crippen LogP contribution in [0.1, 0.15) is 47.8 Å². The summed E-state index contributed by atoms with van der Waals surface area (Å²) in [7, 11) is 0. The first-order valence-corrected chi connectivity index (χ1v) is 10.5. The molecule has 7 heteroatoms. The second kappa shape index (κ2) is 9.00. The van der Waals surface area contributed by atoms with E-state index in [1.807, 2.05) is 39.0 Å². The Morgan fingerprint density at radius 3 is 2.63 bits per heavy atom. The molecule has 0 bridgehead atoms. The molecule has 0 radical (unpaired) electrons. The molecule has 3 aromatic rings. The summed E-state index contributed by atoms with van der Waals surface area (Å²) >= 11 is 1.58. The van der Waals surface area contributed by atoms with Crippen molar-refractivity contribution in [2.45, 2.75) is 38.7 Å². The highest BCUT2D eigenvalue weighted by Crippen LogP contribution is 2.40. The van der Waals surface area contributed by atoms with Gasteiger partial charge in [0.15, 0.2) is 6.29 Å². The van der Waals surface area contributed by atoms with E-state index >= 15 is 0 Å². The summed E-state index contributed by atoms with van der Waals surface area (Å²) in [6.07, 6.45) is -1.69. The summed E-state index contributed by atoms with van der Waals surface area (Å²) in [6, 6.07) is 11.1. The van der Waals surface area contributed by atoms with Gasteiger partial charge in [-0.25, -0.2) is 0 Å². The smallest absolute Gasteiger partial charge is 0.416 e. The Bertz CT molecular complexity index is 1090. The lowest BCUT2D eigenvalue weighted by Gasteiger charge is -2.13. The average molecular weight is 433 g/mol. The van der Waals surface area contributed by atoms with Gasteiger partial charge in [0.1, 0.15) is 11.8 Å². The number of allylic oxidation sites excluding steroid dienone is 1. The van der Waals surface area contributed by atoms with Gasteiger partial charge in [0, 0.05) is 22.4 Å². The highest BCUT2D eigenvalue weighted by Gasteiger charge is 2.31. The van der Waals surface area contributed by atoms with E-state index in [1.54, 1.807) is 17.8 Å². The fourth-order valence-electron chi connectivity index (χ4n) is 3.31. The number of thioether (sulfide) groups is 1. The van der Waals surface area contributed by atoms with Crippen molar-refractivity contribution in [3.63, 3.8) is 0 Å². The fourth-order valence-corrected chi connectivity index (χ4v) is 4.61. The van der Waals surface area contributed by atoms with Crippen LogP contribution in [-0.2, 0) is 12.6 Å². The monoisotopic (exact) mass is 433 g/mol. The van der Waals surface area contributed by atoms with Gasteiger partial charge < -0.3 is 9.73 Å². The summed E-state index contributed by atoms with van der Waals surface area (Å²) in [4.78, 5) is 12.0. The number of nitrogens with one attached hydrogen (secondary N) is 1. The molecule has 1 aliphatic heterocycles. The number of aldehydes is 1. The van der Waals surface area contributed by atoms with Crippen LogP contribution in [0.15, 0.2) is 58.8 Å². The number of furan rings is 1. The van der Waals surface area contributed by atoms with Crippen LogP contribution in [0.4, 0.5) is 13.2 Å². The minimum absolute atomic E-state index is 0.0590. The van der Waals surface area contributed by atoms with Crippen LogP contribution < -0.4 is 5.32 Å². The van der Waals surface area contributed by atoms with Crippen LogP contribution in [0.3, 0.4) is 0 Å². The molecule has 1 unspecified atom stereocenters. The number of alkyl halides is 3. The van der Waals surface area contributed by atoms with E-state index in [1.165, 1.54) is 18.4 Å². The van der Waals surface area contributed by atoms with Crippen molar-refractivity contribution in [1.82, 2.24) is 5.32 Å². The molecule has 1 atom stereocenters. The van der Waals surface area contributed by atoms with Gasteiger partial charge in [0.2, 0.25) is 0 Å². The van der Waals surface area contributed by atoms with Crippen molar-refractivity contribution < 1.29 is 22.4 Å². The Balaban J connectivity index is 0.00000124. The fraction of sp³-hybridized carbons (Fsp3) is 0.261. The molecule has 0 amide bonds. The number of carbonyl (C=O) groups excluding carboxylic acids is 1. The lowest BCUT2D eigenvalue weighted by Crippen LogP contribution is -2.21. The van der Waals surface area contributed by atoms with Crippen LogP contribution in [0.25, 0.3) is 15.9 Å². The van der Waals surface area contributed by atoms with E-state index in [2.05, 4.69) is 5.32 Å². The van der Waals surface area contributed by atoms with Gasteiger partial charge in [-0.05, 0) is 36.2 Å². The maximum atomic E-state index is 12.9. The van der Waals surface area contributed by atoms with Gasteiger partial charge >= 0.3 is 6.18 Å². The summed E-state index contributed by atoms with van der Waals surface area (Å²) in [5.41, 5.74) is 3.04. The number of carbonyl (C=O) groups is 1. The number of rotatable bonds is 4. The molecule has 0 spiro atoms. The number of hydrogen-bond acceptors (Lipinski definition) is 4. The topological polar surface area (TPSA) is 42.2 Å². The summed E-state index contributed by atoms with van der Waals surface area (Å²) in [6.45, 7) is 5.94. The highest BCUT2D eigenvalue weighted by atomic mass is 32.2. The van der Waals surface area contributed by atoms with Gasteiger partial charge in [-0.3, -0.25) is 4.79 Å². The quantitative estimate of drug-likeness (QED) is 0.455. The number of halogens is 3. The molecule has 158 valence electrons. The Kier molecular flexibility index (Phi) is 6.61. The zero-order valence-electron chi connectivity index (χ0n) is 16.8. The van der Waals surface area contributed by atoms with Crippen LogP contribution in [0.2, 0.25) is 0 Å². The minimum atomic E-state index is -4.34. The van der Waals surface area contributed by atoms with E-state index in [9.17, 15) is 18.0 Å². The van der Waals surface area contributed by atoms with Gasteiger partial charge in [0.05, 0.1) is 16.5 Å². The first-order valence-electron chi connectivity index (χ1n) is 9.62. The third-order valence-electron chi connectivity index (χ3n) is 4.65. The van der Waals surface area contributed by atoms with Crippen LogP contribution >= 0.6 is 11.8 Å². The molecule has 0 fully saturated rings. The lowest BCUT2D eigenvalue weighted by molar-refractivity contribution is -0.137. The molecule has 0 saturated carbocycles. The lowest BCUT2D eigenvalue weighted by atomic mass is 10.1. The molecular formula is C23H22F3NO2S. The molecule has 4 rings (SSSR count). The Morgan fingerprint density at radius 2 is 1.93 bits per heavy atom. The number of hydrogen-bond donors (Lipinski definition) is 1. The molecular weight excluding hydrogens is 411 g/mol. The second-order valence-electron chi connectivity index (χ2n) is 6.63. The van der Waals surface area contributed by atoms with Gasteiger partial charge in [0.25, 0.3) is 0 Å². The number of fused-ring (bicyclic) bond motifs is 1. The van der Waals surface area contributed by atoms with Crippen molar-refractivity contribution in [1.29, 1.82) is 0 Å². The molecule has 1 N–H and O–H groups in total. The van der Waals surface area contributed by atoms with Crippen LogP contribution in [-0.4, -0.2) is 11.7 Å². The normalized spacial score (nSPS) is 16.3. The molecule has 1 aliphatic rings. The van der Waals surface area contributed by atoms with Crippen molar-refractivity contribution in [2.24, 2.45) is 0 Å². The average Bonchev–Trinajstić information content (AvgIpc) is 3.31. The predicted molar refractivity (Wildman–Crippen MR) is 115 cm³/mol. The minimum Gasteiger partial charge on any atom is -0.464 e. The number of benzene rings is 2. The summed E-state index contributed by atoms with van der Waals surface area (Å²) in [5.74, 6) is 0. The maximum absolute atomic E-state index is 12.9. The van der Waals surface area contributed by atoms with Crippen molar-refractivity contribution in [3.8, 4) is 0 Å². The molecule has 0 aliphatic carbocycles. The van der Waals surface area contributed by atoms with Gasteiger partial charge in [-0.15, -0.1) is 0 Å². The molecule has 3 nitrogen and oxygen atoms in total. The standard InChI is InChI=1S/C21H16F3NO2S.C2H6/c1-12-20(14-5-6-17-15(10-26)11-27-18(17)9-14)28-19(25-12)8-13-3-2-4-16(7-13)21(22,23)24;1-2/h2-7,9-11,19,25H,8H2,1H3;1-2H3. The SMILES string of the molecule is CC.CC1=C(c2ccc3c(C=O)coc3c2)SC(Cc2cccc(C(F)(F)F)c2)N1. The van der Waals surface area contributed by atoms with E-state index in [-0.39, 0.29) is 5.37 Å². The van der Waals surface area contributed by atoms with Crippen molar-refractivity contribution in [2.75, 3.05) is 0 Å². The van der Waals surface area contributed by atoms with Gasteiger partial charge in [-0.2, -0.15) is 13.2 Å². The Labute approximate surface area is 177 Å². The van der Waals surface area contributed by atoms with E-state index in [0.717, 1.165) is 33.9 Å². The van der Waals surface area contributed by atoms with Gasteiger partial charge in [-0.1, -0.05) is 49.9 Å². The van der Waals surface area contributed by atoms with Crippen molar-refractivity contribution in [3.05, 3.63) is 76.7 Å². The predicted octanol–water partition coefficient (Wildman–Crippen LogP) is 6.88.